The van der Waals surface area contributed by atoms with Crippen LogP contribution in [0.2, 0.25) is 0 Å². The first-order chi connectivity index (χ1) is 6.84. The smallest absolute Gasteiger partial charge is 0.146 e. The molecule has 0 atom stereocenters. The topological polar surface area (TPSA) is 37.9 Å². The predicted octanol–water partition coefficient (Wildman–Crippen LogP) is 2.30. The van der Waals surface area contributed by atoms with Gasteiger partial charge >= 0.3 is 0 Å². The van der Waals surface area contributed by atoms with E-state index in [2.05, 4.69) is 9.97 Å². The van der Waals surface area contributed by atoms with Crippen LogP contribution < -0.4 is 4.74 Å². The number of aromatic amines is 1. The summed E-state index contributed by atoms with van der Waals surface area (Å²) in [6.45, 7) is 2.52. The summed E-state index contributed by atoms with van der Waals surface area (Å²) < 4.78 is 5.54. The van der Waals surface area contributed by atoms with Gasteiger partial charge in [-0.1, -0.05) is 12.1 Å². The average Bonchev–Trinajstić information content (AvgIpc) is 2.67. The number of H-pyrrole nitrogens is 1. The molecule has 1 heterocycles. The summed E-state index contributed by atoms with van der Waals surface area (Å²) in [6.07, 6.45) is 3.50. The summed E-state index contributed by atoms with van der Waals surface area (Å²) in [5, 5.41) is 0. The van der Waals surface area contributed by atoms with Crippen LogP contribution in [0.15, 0.2) is 36.7 Å². The molecule has 0 amide bonds. The van der Waals surface area contributed by atoms with Crippen molar-refractivity contribution in [2.24, 2.45) is 0 Å². The average molecular weight is 188 g/mol. The van der Waals surface area contributed by atoms with Gasteiger partial charge in [-0.3, -0.25) is 0 Å². The Bertz CT molecular complexity index is 395. The number of nitrogens with one attached hydrogen (secondary N) is 1. The molecule has 0 radical (unpaired) electrons. The molecule has 0 saturated heterocycles. The highest BCUT2D eigenvalue weighted by atomic mass is 16.5. The summed E-state index contributed by atoms with van der Waals surface area (Å²) in [6, 6.07) is 7.96. The van der Waals surface area contributed by atoms with E-state index in [4.69, 9.17) is 4.74 Å². The van der Waals surface area contributed by atoms with E-state index < -0.39 is 0 Å². The van der Waals surface area contributed by atoms with Crippen LogP contribution in [0.4, 0.5) is 0 Å². The number of hydrogen-bond acceptors (Lipinski definition) is 2. The minimum Gasteiger partial charge on any atom is -0.486 e. The highest BCUT2D eigenvalue weighted by Gasteiger charge is 1.96. The lowest BCUT2D eigenvalue weighted by Gasteiger charge is -2.04. The van der Waals surface area contributed by atoms with Crippen molar-refractivity contribution >= 4 is 0 Å². The Labute approximate surface area is 82.8 Å². The second-order valence-corrected chi connectivity index (χ2v) is 3.14. The van der Waals surface area contributed by atoms with E-state index in [1.165, 1.54) is 5.56 Å². The van der Waals surface area contributed by atoms with Crippen molar-refractivity contribution in [2.75, 3.05) is 0 Å². The lowest BCUT2D eigenvalue weighted by molar-refractivity contribution is 0.297. The van der Waals surface area contributed by atoms with E-state index in [1.54, 1.807) is 12.4 Å². The maximum atomic E-state index is 5.54. The van der Waals surface area contributed by atoms with E-state index in [-0.39, 0.29) is 0 Å². The summed E-state index contributed by atoms with van der Waals surface area (Å²) in [7, 11) is 0. The fraction of sp³-hybridized carbons (Fsp3) is 0.182. The van der Waals surface area contributed by atoms with Crippen LogP contribution in [-0.4, -0.2) is 9.97 Å². The maximum absolute atomic E-state index is 5.54. The molecular formula is C11H12N2O. The van der Waals surface area contributed by atoms with Crippen molar-refractivity contribution in [2.45, 2.75) is 13.5 Å². The minimum absolute atomic E-state index is 0.483. The number of imidazole rings is 1. The van der Waals surface area contributed by atoms with E-state index in [9.17, 15) is 0 Å². The fourth-order valence-corrected chi connectivity index (χ4v) is 1.23. The molecule has 2 aromatic rings. The highest BCUT2D eigenvalue weighted by molar-refractivity contribution is 5.27. The first kappa shape index (κ1) is 8.81. The van der Waals surface area contributed by atoms with Gasteiger partial charge in [0.1, 0.15) is 18.2 Å². The van der Waals surface area contributed by atoms with Gasteiger partial charge in [0, 0.05) is 12.4 Å². The largest absolute Gasteiger partial charge is 0.486 e. The molecule has 0 fully saturated rings. The molecule has 0 aliphatic rings. The molecule has 0 aliphatic heterocycles. The van der Waals surface area contributed by atoms with Crippen LogP contribution in [0.25, 0.3) is 0 Å². The van der Waals surface area contributed by atoms with Crippen molar-refractivity contribution in [1.82, 2.24) is 9.97 Å². The number of nitrogens with zero attached hydrogens (tertiary/aromatic N) is 1. The zero-order valence-electron chi connectivity index (χ0n) is 8.03. The van der Waals surface area contributed by atoms with Gasteiger partial charge < -0.3 is 9.72 Å². The van der Waals surface area contributed by atoms with Gasteiger partial charge in [-0.15, -0.1) is 0 Å². The number of benzene rings is 1. The number of hydrogen-bond donors (Lipinski definition) is 1. The van der Waals surface area contributed by atoms with Crippen molar-refractivity contribution in [3.63, 3.8) is 0 Å². The number of aromatic nitrogens is 2. The molecule has 0 bridgehead atoms. The third-order valence-corrected chi connectivity index (χ3v) is 1.92. The van der Waals surface area contributed by atoms with Gasteiger partial charge in [-0.2, -0.15) is 0 Å². The van der Waals surface area contributed by atoms with Crippen LogP contribution in [-0.2, 0) is 6.61 Å². The van der Waals surface area contributed by atoms with E-state index in [0.717, 1.165) is 11.6 Å². The maximum Gasteiger partial charge on any atom is 0.146 e. The molecule has 3 nitrogen and oxygen atoms in total. The third kappa shape index (κ3) is 2.13. The number of rotatable bonds is 3. The van der Waals surface area contributed by atoms with Crippen molar-refractivity contribution in [1.29, 1.82) is 0 Å². The lowest BCUT2D eigenvalue weighted by atomic mass is 10.2. The summed E-state index contributed by atoms with van der Waals surface area (Å²) in [5.41, 5.74) is 1.20. The zero-order chi connectivity index (χ0) is 9.80. The molecule has 1 N–H and O–H groups in total. The number of ether oxygens (including phenoxy) is 1. The van der Waals surface area contributed by atoms with Crippen LogP contribution >= 0.6 is 0 Å². The molecule has 3 heteroatoms. The Morgan fingerprint density at radius 1 is 1.43 bits per heavy atom. The zero-order valence-corrected chi connectivity index (χ0v) is 8.03. The van der Waals surface area contributed by atoms with Crippen LogP contribution in [0.3, 0.4) is 0 Å². The molecule has 14 heavy (non-hydrogen) atoms. The third-order valence-electron chi connectivity index (χ3n) is 1.92. The molecule has 72 valence electrons. The molecule has 0 unspecified atom stereocenters. The molecular weight excluding hydrogens is 176 g/mol. The monoisotopic (exact) mass is 188 g/mol. The molecule has 0 saturated carbocycles. The van der Waals surface area contributed by atoms with Gasteiger partial charge in [0.15, 0.2) is 0 Å². The summed E-state index contributed by atoms with van der Waals surface area (Å²) in [5.74, 6) is 1.72. The molecule has 0 aliphatic carbocycles. The first-order valence-electron chi connectivity index (χ1n) is 4.52. The van der Waals surface area contributed by atoms with Gasteiger partial charge in [-0.25, -0.2) is 4.98 Å². The minimum atomic E-state index is 0.483. The Morgan fingerprint density at radius 3 is 3.07 bits per heavy atom. The highest BCUT2D eigenvalue weighted by Crippen LogP contribution is 2.13. The fourth-order valence-electron chi connectivity index (χ4n) is 1.23. The summed E-state index contributed by atoms with van der Waals surface area (Å²) in [4.78, 5) is 7.06. The van der Waals surface area contributed by atoms with E-state index >= 15 is 0 Å². The molecule has 1 aromatic heterocycles. The van der Waals surface area contributed by atoms with Crippen molar-refractivity contribution in [3.8, 4) is 5.75 Å². The lowest BCUT2D eigenvalue weighted by Crippen LogP contribution is -1.97. The van der Waals surface area contributed by atoms with Gasteiger partial charge in [-0.05, 0) is 24.6 Å². The van der Waals surface area contributed by atoms with Crippen LogP contribution in [0, 0.1) is 6.92 Å². The Hall–Kier alpha value is -1.77. The molecule has 1 aromatic carbocycles. The Morgan fingerprint density at radius 2 is 2.36 bits per heavy atom. The quantitative estimate of drug-likeness (QED) is 0.802. The molecule has 0 spiro atoms. The normalized spacial score (nSPS) is 10.1. The van der Waals surface area contributed by atoms with Gasteiger partial charge in [0.05, 0.1) is 0 Å². The second kappa shape index (κ2) is 3.96. The summed E-state index contributed by atoms with van der Waals surface area (Å²) >= 11 is 0. The first-order valence-corrected chi connectivity index (χ1v) is 4.52. The van der Waals surface area contributed by atoms with Crippen LogP contribution in [0.1, 0.15) is 11.4 Å². The van der Waals surface area contributed by atoms with Crippen LogP contribution in [0.5, 0.6) is 5.75 Å². The Kier molecular flexibility index (Phi) is 2.49. The Balaban J connectivity index is 1.98. The van der Waals surface area contributed by atoms with Crippen molar-refractivity contribution in [3.05, 3.63) is 48.0 Å². The van der Waals surface area contributed by atoms with Crippen molar-refractivity contribution < 1.29 is 4.74 Å². The predicted molar refractivity (Wildman–Crippen MR) is 54.1 cm³/mol. The second-order valence-electron chi connectivity index (χ2n) is 3.14. The van der Waals surface area contributed by atoms with E-state index in [1.807, 2.05) is 31.2 Å². The standard InChI is InChI=1S/C11H12N2O/c1-9-3-2-4-10(7-9)14-8-11-12-5-6-13-11/h2-7H,8H2,1H3,(H,12,13). The van der Waals surface area contributed by atoms with Gasteiger partial charge in [0.25, 0.3) is 0 Å². The van der Waals surface area contributed by atoms with Gasteiger partial charge in [0.2, 0.25) is 0 Å². The molecule has 2 rings (SSSR count). The van der Waals surface area contributed by atoms with E-state index in [0.29, 0.717) is 6.61 Å². The number of aryl methyl sites for hydroxylation is 1. The SMILES string of the molecule is Cc1cccc(OCc2ncc[nH]2)c1.